The highest BCUT2D eigenvalue weighted by Crippen LogP contribution is 2.45. The van der Waals surface area contributed by atoms with Crippen LogP contribution in [0.3, 0.4) is 0 Å². The van der Waals surface area contributed by atoms with E-state index in [9.17, 15) is 9.59 Å². The minimum absolute atomic E-state index is 0.0155. The third kappa shape index (κ3) is 4.36. The highest BCUT2D eigenvalue weighted by molar-refractivity contribution is 5.94. The van der Waals surface area contributed by atoms with Gasteiger partial charge in [-0.05, 0) is 55.7 Å². The Morgan fingerprint density at radius 2 is 1.84 bits per heavy atom. The first-order chi connectivity index (χ1) is 14.9. The largest absolute Gasteiger partial charge is 0.339 e. The van der Waals surface area contributed by atoms with Gasteiger partial charge in [0.2, 0.25) is 5.91 Å². The molecule has 0 aliphatic carbocycles. The lowest BCUT2D eigenvalue weighted by molar-refractivity contribution is -0.139. The number of piperidine rings is 1. The monoisotopic (exact) mass is 419 g/mol. The van der Waals surface area contributed by atoms with Gasteiger partial charge in [0.1, 0.15) is 5.69 Å². The summed E-state index contributed by atoms with van der Waals surface area (Å²) in [4.78, 5) is 34.9. The predicted octanol–water partition coefficient (Wildman–Crippen LogP) is 4.11. The molecule has 0 bridgehead atoms. The number of nitrogens with zero attached hydrogens (tertiary/aromatic N) is 3. The fraction of sp³-hybridized carbons (Fsp3) is 0.500. The van der Waals surface area contributed by atoms with E-state index in [1.807, 2.05) is 30.0 Å². The van der Waals surface area contributed by atoms with Crippen LogP contribution in [0, 0.1) is 18.3 Å². The Bertz CT molecular complexity index is 933. The number of hydrogen-bond acceptors (Lipinski definition) is 3. The first-order valence-corrected chi connectivity index (χ1v) is 11.5. The Balaban J connectivity index is 1.49. The maximum Gasteiger partial charge on any atom is 0.272 e. The van der Waals surface area contributed by atoms with Crippen LogP contribution in [0.5, 0.6) is 0 Å². The van der Waals surface area contributed by atoms with Gasteiger partial charge >= 0.3 is 0 Å². The molecule has 4 rings (SSSR count). The number of carbonyl (C=O) groups excluding carboxylic acids is 2. The van der Waals surface area contributed by atoms with Crippen molar-refractivity contribution in [2.75, 3.05) is 19.6 Å². The number of pyridine rings is 1. The summed E-state index contributed by atoms with van der Waals surface area (Å²) < 4.78 is 0. The minimum Gasteiger partial charge on any atom is -0.339 e. The van der Waals surface area contributed by atoms with Crippen molar-refractivity contribution in [1.82, 2.24) is 14.8 Å². The standard InChI is InChI=1S/C26H33N3O2/c1-19(2)18-29-22(16-21-9-5-4-6-10-21)17-26(25(29)31)11-14-28(15-12-26)24(30)23-20(3)8-7-13-27-23/h4-10,13,19,22H,11-12,14-18H2,1-3H3/t22-/m0/s1. The predicted molar refractivity (Wildman–Crippen MR) is 122 cm³/mol. The molecule has 0 N–H and O–H groups in total. The first-order valence-electron chi connectivity index (χ1n) is 11.5. The maximum absolute atomic E-state index is 13.6. The van der Waals surface area contributed by atoms with Crippen LogP contribution in [0.4, 0.5) is 0 Å². The first kappa shape index (κ1) is 21.5. The highest BCUT2D eigenvalue weighted by Gasteiger charge is 2.52. The summed E-state index contributed by atoms with van der Waals surface area (Å²) in [5.41, 5.74) is 2.38. The van der Waals surface area contributed by atoms with Crippen molar-refractivity contribution in [1.29, 1.82) is 0 Å². The molecule has 0 radical (unpaired) electrons. The third-order valence-corrected chi connectivity index (χ3v) is 6.88. The molecule has 0 unspecified atom stereocenters. The van der Waals surface area contributed by atoms with Gasteiger partial charge in [-0.15, -0.1) is 0 Å². The lowest BCUT2D eigenvalue weighted by Crippen LogP contribution is -2.47. The van der Waals surface area contributed by atoms with E-state index in [0.29, 0.717) is 30.6 Å². The molecule has 1 aromatic heterocycles. The number of aryl methyl sites for hydroxylation is 1. The fourth-order valence-electron chi connectivity index (χ4n) is 5.23. The Labute approximate surface area is 185 Å². The molecule has 1 spiro atoms. The number of amides is 2. The van der Waals surface area contributed by atoms with Crippen LogP contribution in [0.25, 0.3) is 0 Å². The zero-order chi connectivity index (χ0) is 22.0. The van der Waals surface area contributed by atoms with E-state index in [0.717, 1.165) is 37.8 Å². The van der Waals surface area contributed by atoms with E-state index in [-0.39, 0.29) is 17.4 Å². The molecule has 3 heterocycles. The minimum atomic E-state index is -0.329. The maximum atomic E-state index is 13.6. The average Bonchev–Trinajstić information content (AvgIpc) is 3.00. The molecule has 2 aliphatic heterocycles. The number of rotatable bonds is 5. The summed E-state index contributed by atoms with van der Waals surface area (Å²) in [6, 6.07) is 14.5. The van der Waals surface area contributed by atoms with Crippen molar-refractivity contribution in [2.24, 2.45) is 11.3 Å². The van der Waals surface area contributed by atoms with Crippen LogP contribution in [0.15, 0.2) is 48.7 Å². The third-order valence-electron chi connectivity index (χ3n) is 6.88. The van der Waals surface area contributed by atoms with Crippen molar-refractivity contribution in [3.63, 3.8) is 0 Å². The van der Waals surface area contributed by atoms with Crippen LogP contribution in [0.1, 0.15) is 54.7 Å². The van der Waals surface area contributed by atoms with Gasteiger partial charge in [-0.1, -0.05) is 50.2 Å². The molecular weight excluding hydrogens is 386 g/mol. The molecule has 5 heteroatoms. The highest BCUT2D eigenvalue weighted by atomic mass is 16.2. The van der Waals surface area contributed by atoms with Gasteiger partial charge in [0.25, 0.3) is 5.91 Å². The second kappa shape index (κ2) is 8.81. The molecular formula is C26H33N3O2. The van der Waals surface area contributed by atoms with Crippen molar-refractivity contribution in [3.05, 3.63) is 65.5 Å². The molecule has 2 aliphatic rings. The number of aromatic nitrogens is 1. The van der Waals surface area contributed by atoms with Crippen LogP contribution in [-0.2, 0) is 11.2 Å². The van der Waals surface area contributed by atoms with E-state index in [2.05, 4.69) is 48.0 Å². The summed E-state index contributed by atoms with van der Waals surface area (Å²) in [6.07, 6.45) is 4.94. The lowest BCUT2D eigenvalue weighted by Gasteiger charge is -2.38. The quantitative estimate of drug-likeness (QED) is 0.733. The van der Waals surface area contributed by atoms with E-state index in [4.69, 9.17) is 0 Å². The second-order valence-corrected chi connectivity index (χ2v) is 9.64. The van der Waals surface area contributed by atoms with Crippen molar-refractivity contribution >= 4 is 11.8 Å². The summed E-state index contributed by atoms with van der Waals surface area (Å²) in [5.74, 6) is 0.715. The van der Waals surface area contributed by atoms with Gasteiger partial charge in [0, 0.05) is 31.9 Å². The summed E-state index contributed by atoms with van der Waals surface area (Å²) >= 11 is 0. The molecule has 1 atom stereocenters. The van der Waals surface area contributed by atoms with E-state index in [1.165, 1.54) is 5.56 Å². The van der Waals surface area contributed by atoms with Crippen molar-refractivity contribution in [2.45, 2.75) is 52.5 Å². The normalized spacial score (nSPS) is 20.6. The zero-order valence-electron chi connectivity index (χ0n) is 18.9. The number of hydrogen-bond donors (Lipinski definition) is 0. The lowest BCUT2D eigenvalue weighted by atomic mass is 9.75. The van der Waals surface area contributed by atoms with Crippen LogP contribution >= 0.6 is 0 Å². The molecule has 1 aromatic carbocycles. The van der Waals surface area contributed by atoms with Crippen LogP contribution in [-0.4, -0.2) is 52.3 Å². The van der Waals surface area contributed by atoms with Gasteiger partial charge in [0.05, 0.1) is 5.41 Å². The van der Waals surface area contributed by atoms with Crippen molar-refractivity contribution < 1.29 is 9.59 Å². The second-order valence-electron chi connectivity index (χ2n) is 9.64. The van der Waals surface area contributed by atoms with Crippen LogP contribution < -0.4 is 0 Å². The Kier molecular flexibility index (Phi) is 6.12. The molecule has 2 fully saturated rings. The Hall–Kier alpha value is -2.69. The Morgan fingerprint density at radius 1 is 1.13 bits per heavy atom. The molecule has 5 nitrogen and oxygen atoms in total. The Morgan fingerprint density at radius 3 is 2.48 bits per heavy atom. The molecule has 0 saturated carbocycles. The smallest absolute Gasteiger partial charge is 0.272 e. The molecule has 164 valence electrons. The number of likely N-dealkylation sites (tertiary alicyclic amines) is 2. The van der Waals surface area contributed by atoms with E-state index >= 15 is 0 Å². The van der Waals surface area contributed by atoms with Crippen molar-refractivity contribution in [3.8, 4) is 0 Å². The van der Waals surface area contributed by atoms with Gasteiger partial charge in [-0.2, -0.15) is 0 Å². The van der Waals surface area contributed by atoms with Gasteiger partial charge in [-0.25, -0.2) is 0 Å². The molecule has 2 saturated heterocycles. The van der Waals surface area contributed by atoms with Gasteiger partial charge in [0.15, 0.2) is 0 Å². The van der Waals surface area contributed by atoms with Crippen LogP contribution in [0.2, 0.25) is 0 Å². The average molecular weight is 420 g/mol. The summed E-state index contributed by atoms with van der Waals surface area (Å²) in [7, 11) is 0. The van der Waals surface area contributed by atoms with E-state index in [1.54, 1.807) is 6.20 Å². The number of benzene rings is 1. The van der Waals surface area contributed by atoms with Gasteiger partial charge < -0.3 is 9.80 Å². The van der Waals surface area contributed by atoms with Gasteiger partial charge in [-0.3, -0.25) is 14.6 Å². The van der Waals surface area contributed by atoms with E-state index < -0.39 is 0 Å². The zero-order valence-corrected chi connectivity index (χ0v) is 18.9. The summed E-state index contributed by atoms with van der Waals surface area (Å²) in [6.45, 7) is 8.31. The molecule has 2 aromatic rings. The fourth-order valence-corrected chi connectivity index (χ4v) is 5.23. The number of carbonyl (C=O) groups is 2. The SMILES string of the molecule is Cc1cccnc1C(=O)N1CCC2(CC1)C[C@H](Cc1ccccc1)N(CC(C)C)C2=O. The topological polar surface area (TPSA) is 53.5 Å². The summed E-state index contributed by atoms with van der Waals surface area (Å²) in [5, 5.41) is 0. The molecule has 31 heavy (non-hydrogen) atoms. The molecule has 2 amide bonds.